The maximum Gasteiger partial charge on any atom is 0.129 e. The molecule has 3 nitrogen and oxygen atoms in total. The molecule has 1 unspecified atom stereocenters. The van der Waals surface area contributed by atoms with Crippen molar-refractivity contribution in [2.75, 3.05) is 13.6 Å². The van der Waals surface area contributed by atoms with Gasteiger partial charge in [-0.25, -0.2) is 9.40 Å². The second kappa shape index (κ2) is 4.32. The number of nitrogens with zero attached hydrogens (tertiary/aromatic N) is 1. The number of aliphatic hydroxyl groups excluding tert-OH is 1. The number of hydrogen-bond donors (Lipinski definition) is 2. The van der Waals surface area contributed by atoms with Crippen LogP contribution >= 0.6 is 0 Å². The lowest BCUT2D eigenvalue weighted by Crippen LogP contribution is -2.31. The van der Waals surface area contributed by atoms with Crippen LogP contribution in [0.25, 0.3) is 0 Å². The van der Waals surface area contributed by atoms with Crippen LogP contribution < -0.4 is 5.84 Å². The molecule has 1 rings (SSSR count). The second-order valence-corrected chi connectivity index (χ2v) is 2.98. The molecular weight excluding hydrogens is 171 g/mol. The molecule has 3 N–H and O–H groups in total. The highest BCUT2D eigenvalue weighted by molar-refractivity contribution is 5.19. The number of rotatable bonds is 3. The molecule has 0 saturated heterocycles. The third-order valence-electron chi connectivity index (χ3n) is 1.73. The lowest BCUT2D eigenvalue weighted by Gasteiger charge is -2.16. The Bertz CT molecular complexity index is 278. The van der Waals surface area contributed by atoms with Crippen LogP contribution in [0.4, 0.5) is 4.39 Å². The summed E-state index contributed by atoms with van der Waals surface area (Å²) in [6, 6.07) is 6.12. The minimum absolute atomic E-state index is 0.209. The normalized spacial score (nSPS) is 13.3. The first-order valence-corrected chi connectivity index (χ1v) is 3.99. The molecular formula is C9H13FN2O. The number of likely N-dealkylation sites (N-methyl/N-ethyl adjacent to an activating group) is 1. The molecule has 0 bridgehead atoms. The topological polar surface area (TPSA) is 49.5 Å². The molecule has 0 aliphatic heterocycles. The van der Waals surface area contributed by atoms with Gasteiger partial charge in [-0.1, -0.05) is 18.2 Å². The van der Waals surface area contributed by atoms with E-state index in [1.165, 1.54) is 11.1 Å². The minimum atomic E-state index is -0.879. The smallest absolute Gasteiger partial charge is 0.129 e. The Balaban J connectivity index is 2.76. The molecule has 1 aromatic carbocycles. The average molecular weight is 184 g/mol. The summed E-state index contributed by atoms with van der Waals surface area (Å²) in [5, 5.41) is 10.8. The molecule has 0 amide bonds. The minimum Gasteiger partial charge on any atom is -0.387 e. The van der Waals surface area contributed by atoms with Gasteiger partial charge < -0.3 is 5.11 Å². The van der Waals surface area contributed by atoms with E-state index in [2.05, 4.69) is 0 Å². The van der Waals surface area contributed by atoms with Crippen LogP contribution in [0.2, 0.25) is 0 Å². The van der Waals surface area contributed by atoms with Crippen molar-refractivity contribution in [1.82, 2.24) is 5.01 Å². The second-order valence-electron chi connectivity index (χ2n) is 2.98. The number of hydrazine groups is 1. The molecule has 1 atom stereocenters. The van der Waals surface area contributed by atoms with E-state index < -0.39 is 11.9 Å². The van der Waals surface area contributed by atoms with Gasteiger partial charge in [-0.05, 0) is 6.07 Å². The Kier molecular flexibility index (Phi) is 3.36. The molecule has 0 heterocycles. The monoisotopic (exact) mass is 184 g/mol. The Morgan fingerprint density at radius 1 is 1.54 bits per heavy atom. The van der Waals surface area contributed by atoms with Crippen LogP contribution in [0.15, 0.2) is 24.3 Å². The highest BCUT2D eigenvalue weighted by Crippen LogP contribution is 2.16. The van der Waals surface area contributed by atoms with Gasteiger partial charge in [-0.2, -0.15) is 0 Å². The van der Waals surface area contributed by atoms with E-state index in [4.69, 9.17) is 5.84 Å². The summed E-state index contributed by atoms with van der Waals surface area (Å²) in [6.45, 7) is 0.209. The van der Waals surface area contributed by atoms with Gasteiger partial charge in [0.1, 0.15) is 5.82 Å². The third kappa shape index (κ3) is 2.77. The van der Waals surface area contributed by atoms with Gasteiger partial charge in [0.25, 0.3) is 0 Å². The van der Waals surface area contributed by atoms with Crippen LogP contribution in [0.1, 0.15) is 11.7 Å². The fourth-order valence-corrected chi connectivity index (χ4v) is 1.12. The van der Waals surface area contributed by atoms with Gasteiger partial charge in [-0.3, -0.25) is 5.84 Å². The number of nitrogens with two attached hydrogens (primary N) is 1. The predicted molar refractivity (Wildman–Crippen MR) is 48.2 cm³/mol. The van der Waals surface area contributed by atoms with Crippen molar-refractivity contribution in [2.45, 2.75) is 6.10 Å². The molecule has 1 aromatic rings. The Morgan fingerprint density at radius 2 is 2.15 bits per heavy atom. The van der Waals surface area contributed by atoms with E-state index in [9.17, 15) is 9.50 Å². The van der Waals surface area contributed by atoms with Gasteiger partial charge >= 0.3 is 0 Å². The summed E-state index contributed by atoms with van der Waals surface area (Å²) < 4.78 is 13.1. The van der Waals surface area contributed by atoms with E-state index >= 15 is 0 Å². The molecule has 72 valence electrons. The molecule has 0 saturated carbocycles. The van der Waals surface area contributed by atoms with Crippen molar-refractivity contribution in [3.05, 3.63) is 35.6 Å². The number of hydrogen-bond acceptors (Lipinski definition) is 3. The third-order valence-corrected chi connectivity index (χ3v) is 1.73. The molecule has 0 spiro atoms. The molecule has 13 heavy (non-hydrogen) atoms. The summed E-state index contributed by atoms with van der Waals surface area (Å²) in [4.78, 5) is 0. The highest BCUT2D eigenvalue weighted by Gasteiger charge is 2.12. The lowest BCUT2D eigenvalue weighted by atomic mass is 10.1. The maximum absolute atomic E-state index is 13.1. The van der Waals surface area contributed by atoms with Gasteiger partial charge in [0.05, 0.1) is 6.10 Å². The fourth-order valence-electron chi connectivity index (χ4n) is 1.12. The molecule has 0 aromatic heterocycles. The summed E-state index contributed by atoms with van der Waals surface area (Å²) in [5.74, 6) is 4.93. The molecule has 0 radical (unpaired) electrons. The summed E-state index contributed by atoms with van der Waals surface area (Å²) in [7, 11) is 1.62. The largest absolute Gasteiger partial charge is 0.387 e. The Morgan fingerprint density at radius 3 is 2.69 bits per heavy atom. The van der Waals surface area contributed by atoms with Gasteiger partial charge in [-0.15, -0.1) is 0 Å². The van der Waals surface area contributed by atoms with E-state index in [0.717, 1.165) is 0 Å². The van der Waals surface area contributed by atoms with Crippen molar-refractivity contribution >= 4 is 0 Å². The molecule has 0 fully saturated rings. The van der Waals surface area contributed by atoms with Crippen molar-refractivity contribution in [3.63, 3.8) is 0 Å². The zero-order valence-electron chi connectivity index (χ0n) is 7.44. The van der Waals surface area contributed by atoms with Gasteiger partial charge in [0.2, 0.25) is 0 Å². The first-order valence-electron chi connectivity index (χ1n) is 3.99. The van der Waals surface area contributed by atoms with Gasteiger partial charge in [0, 0.05) is 19.2 Å². The molecule has 0 aliphatic rings. The zero-order valence-corrected chi connectivity index (χ0v) is 7.44. The van der Waals surface area contributed by atoms with Crippen molar-refractivity contribution in [1.29, 1.82) is 0 Å². The Labute approximate surface area is 76.6 Å². The van der Waals surface area contributed by atoms with Crippen molar-refractivity contribution in [2.24, 2.45) is 5.84 Å². The first-order chi connectivity index (χ1) is 6.11. The highest BCUT2D eigenvalue weighted by atomic mass is 19.1. The maximum atomic E-state index is 13.1. The van der Waals surface area contributed by atoms with E-state index in [1.807, 2.05) is 0 Å². The number of halogens is 1. The Hall–Kier alpha value is -0.970. The number of aliphatic hydroxyl groups is 1. The van der Waals surface area contributed by atoms with Crippen LogP contribution in [0, 0.1) is 5.82 Å². The standard InChI is InChI=1S/C9H13FN2O/c1-12(11)6-9(13)7-4-2-3-5-8(7)10/h2-5,9,13H,6,11H2,1H3. The van der Waals surface area contributed by atoms with Gasteiger partial charge in [0.15, 0.2) is 0 Å². The quantitative estimate of drug-likeness (QED) is 0.536. The van der Waals surface area contributed by atoms with E-state index in [-0.39, 0.29) is 12.1 Å². The van der Waals surface area contributed by atoms with Crippen molar-refractivity contribution in [3.8, 4) is 0 Å². The first kappa shape index (κ1) is 10.1. The molecule has 0 aliphatic carbocycles. The van der Waals surface area contributed by atoms with E-state index in [1.54, 1.807) is 25.2 Å². The summed E-state index contributed by atoms with van der Waals surface area (Å²) in [5.41, 5.74) is 0.278. The number of benzene rings is 1. The fraction of sp³-hybridized carbons (Fsp3) is 0.333. The summed E-state index contributed by atoms with van der Waals surface area (Å²) >= 11 is 0. The zero-order chi connectivity index (χ0) is 9.84. The van der Waals surface area contributed by atoms with Crippen LogP contribution in [0.3, 0.4) is 0 Å². The van der Waals surface area contributed by atoms with Crippen LogP contribution in [0.5, 0.6) is 0 Å². The SMILES string of the molecule is CN(N)CC(O)c1ccccc1F. The van der Waals surface area contributed by atoms with Crippen LogP contribution in [-0.4, -0.2) is 23.7 Å². The van der Waals surface area contributed by atoms with E-state index in [0.29, 0.717) is 0 Å². The molecule has 4 heteroatoms. The van der Waals surface area contributed by atoms with Crippen molar-refractivity contribution < 1.29 is 9.50 Å². The summed E-state index contributed by atoms with van der Waals surface area (Å²) in [6.07, 6.45) is -0.879. The lowest BCUT2D eigenvalue weighted by molar-refractivity contribution is 0.124. The van der Waals surface area contributed by atoms with Crippen LogP contribution in [-0.2, 0) is 0 Å². The average Bonchev–Trinajstić information content (AvgIpc) is 2.03. The predicted octanol–water partition coefficient (Wildman–Crippen LogP) is 0.665.